The zero-order chi connectivity index (χ0) is 15.8. The topological polar surface area (TPSA) is 59.9 Å². The molecular formula is C17H13FN4S. The fourth-order valence-electron chi connectivity index (χ4n) is 2.89. The predicted molar refractivity (Wildman–Crippen MR) is 88.8 cm³/mol. The van der Waals surface area contributed by atoms with Gasteiger partial charge in [-0.3, -0.25) is 0 Å². The van der Waals surface area contributed by atoms with Gasteiger partial charge in [0, 0.05) is 20.5 Å². The van der Waals surface area contributed by atoms with Crippen molar-refractivity contribution in [2.45, 2.75) is 12.1 Å². The van der Waals surface area contributed by atoms with E-state index in [0.717, 1.165) is 26.1 Å². The number of halogens is 1. The second kappa shape index (κ2) is 5.72. The average molecular weight is 324 g/mol. The normalized spacial score (nSPS) is 20.7. The molecule has 6 heteroatoms. The fraction of sp³-hybridized carbons (Fsp3) is 0.118. The third kappa shape index (κ3) is 2.40. The molecule has 0 spiro atoms. The van der Waals surface area contributed by atoms with E-state index in [0.29, 0.717) is 0 Å². The minimum Gasteiger partial charge on any atom is -0.233 e. The number of hydrazine groups is 2. The van der Waals surface area contributed by atoms with Crippen LogP contribution in [-0.4, -0.2) is 6.04 Å². The van der Waals surface area contributed by atoms with E-state index in [4.69, 9.17) is 0 Å². The van der Waals surface area contributed by atoms with E-state index >= 15 is 0 Å². The molecule has 1 saturated heterocycles. The van der Waals surface area contributed by atoms with Gasteiger partial charge in [0.2, 0.25) is 0 Å². The SMILES string of the molecule is N#CC1NNNC1c1sc2ccccc2c1-c1ccc(F)cc1. The third-order valence-corrected chi connectivity index (χ3v) is 5.22. The standard InChI is InChI=1S/C17H13FN4S/c18-11-7-5-10(6-8-11)15-12-3-1-2-4-14(12)23-17(15)16-13(9-19)20-22-21-16/h1-8,13,16,20-22H. The van der Waals surface area contributed by atoms with Gasteiger partial charge in [-0.1, -0.05) is 30.3 Å². The Bertz CT molecular complexity index is 897. The molecule has 1 aromatic heterocycles. The summed E-state index contributed by atoms with van der Waals surface area (Å²) in [6, 6.07) is 16.3. The van der Waals surface area contributed by atoms with Gasteiger partial charge >= 0.3 is 0 Å². The lowest BCUT2D eigenvalue weighted by molar-refractivity contribution is 0.559. The molecule has 2 aromatic carbocycles. The van der Waals surface area contributed by atoms with Gasteiger partial charge in [0.15, 0.2) is 0 Å². The molecular weight excluding hydrogens is 311 g/mol. The molecule has 3 N–H and O–H groups in total. The van der Waals surface area contributed by atoms with Crippen LogP contribution in [0.2, 0.25) is 0 Å². The molecule has 2 unspecified atom stereocenters. The van der Waals surface area contributed by atoms with Crippen molar-refractivity contribution in [1.82, 2.24) is 16.4 Å². The number of hydrogen-bond donors (Lipinski definition) is 3. The summed E-state index contributed by atoms with van der Waals surface area (Å²) in [7, 11) is 0. The lowest BCUT2D eigenvalue weighted by atomic mass is 9.97. The van der Waals surface area contributed by atoms with Crippen LogP contribution in [0.5, 0.6) is 0 Å². The fourth-order valence-corrected chi connectivity index (χ4v) is 4.20. The molecule has 1 aliphatic rings. The highest BCUT2D eigenvalue weighted by Crippen LogP contribution is 2.43. The molecule has 4 rings (SSSR count). The first-order valence-corrected chi connectivity index (χ1v) is 8.02. The number of benzene rings is 2. The Morgan fingerprint density at radius 1 is 1.04 bits per heavy atom. The minimum atomic E-state index is -0.373. The van der Waals surface area contributed by atoms with Crippen LogP contribution in [-0.2, 0) is 0 Å². The molecule has 114 valence electrons. The first kappa shape index (κ1) is 14.3. The highest BCUT2D eigenvalue weighted by atomic mass is 32.1. The van der Waals surface area contributed by atoms with Crippen molar-refractivity contribution in [2.75, 3.05) is 0 Å². The summed E-state index contributed by atoms with van der Waals surface area (Å²) in [6.07, 6.45) is 0. The van der Waals surface area contributed by atoms with Crippen LogP contribution in [0.4, 0.5) is 4.39 Å². The molecule has 23 heavy (non-hydrogen) atoms. The number of fused-ring (bicyclic) bond motifs is 1. The number of nitrogens with zero attached hydrogens (tertiary/aromatic N) is 1. The maximum atomic E-state index is 13.3. The molecule has 0 aliphatic carbocycles. The van der Waals surface area contributed by atoms with Crippen LogP contribution < -0.4 is 16.4 Å². The summed E-state index contributed by atoms with van der Waals surface area (Å²) in [4.78, 5) is 1.06. The molecule has 2 atom stereocenters. The van der Waals surface area contributed by atoms with Gasteiger partial charge in [0.05, 0.1) is 12.1 Å². The highest BCUT2D eigenvalue weighted by Gasteiger charge is 2.32. The van der Waals surface area contributed by atoms with Gasteiger partial charge < -0.3 is 0 Å². The monoisotopic (exact) mass is 324 g/mol. The molecule has 1 fully saturated rings. The van der Waals surface area contributed by atoms with Gasteiger partial charge in [0.25, 0.3) is 0 Å². The maximum absolute atomic E-state index is 13.3. The van der Waals surface area contributed by atoms with E-state index < -0.39 is 0 Å². The van der Waals surface area contributed by atoms with Gasteiger partial charge in [-0.05, 0) is 23.8 Å². The van der Waals surface area contributed by atoms with E-state index in [2.05, 4.69) is 34.6 Å². The average Bonchev–Trinajstić information content (AvgIpc) is 3.19. The quantitative estimate of drug-likeness (QED) is 0.677. The Morgan fingerprint density at radius 2 is 1.83 bits per heavy atom. The van der Waals surface area contributed by atoms with E-state index in [1.165, 1.54) is 12.1 Å². The van der Waals surface area contributed by atoms with Crippen molar-refractivity contribution in [3.63, 3.8) is 0 Å². The van der Waals surface area contributed by atoms with E-state index in [1.807, 2.05) is 12.1 Å². The van der Waals surface area contributed by atoms with Gasteiger partial charge in [0.1, 0.15) is 11.9 Å². The first-order valence-electron chi connectivity index (χ1n) is 7.21. The summed E-state index contributed by atoms with van der Waals surface area (Å²) >= 11 is 1.65. The summed E-state index contributed by atoms with van der Waals surface area (Å²) in [5.74, 6) is -0.257. The number of hydrogen-bond acceptors (Lipinski definition) is 5. The second-order valence-electron chi connectivity index (χ2n) is 5.34. The number of nitrogens with one attached hydrogen (secondary N) is 3. The Kier molecular flexibility index (Phi) is 3.56. The maximum Gasteiger partial charge on any atom is 0.131 e. The second-order valence-corrected chi connectivity index (χ2v) is 6.43. The lowest BCUT2D eigenvalue weighted by Gasteiger charge is -2.13. The molecule has 3 aromatic rings. The van der Waals surface area contributed by atoms with Gasteiger partial charge in [-0.25, -0.2) is 15.2 Å². The zero-order valence-corrected chi connectivity index (χ0v) is 12.8. The molecule has 0 saturated carbocycles. The van der Waals surface area contributed by atoms with E-state index in [-0.39, 0.29) is 17.9 Å². The van der Waals surface area contributed by atoms with Crippen LogP contribution in [0.3, 0.4) is 0 Å². The highest BCUT2D eigenvalue weighted by molar-refractivity contribution is 7.19. The van der Waals surface area contributed by atoms with Crippen LogP contribution in [0.1, 0.15) is 10.9 Å². The number of nitriles is 1. The molecule has 0 amide bonds. The molecule has 1 aliphatic heterocycles. The lowest BCUT2D eigenvalue weighted by Crippen LogP contribution is -2.32. The number of thiophene rings is 1. The van der Waals surface area contributed by atoms with Gasteiger partial charge in [-0.15, -0.1) is 11.3 Å². The molecule has 0 bridgehead atoms. The predicted octanol–water partition coefficient (Wildman–Crippen LogP) is 3.25. The van der Waals surface area contributed by atoms with Crippen molar-refractivity contribution in [3.8, 4) is 17.2 Å². The zero-order valence-electron chi connectivity index (χ0n) is 12.0. The van der Waals surface area contributed by atoms with Crippen LogP contribution in [0.25, 0.3) is 21.2 Å². The van der Waals surface area contributed by atoms with Crippen LogP contribution in [0.15, 0.2) is 48.5 Å². The first-order chi connectivity index (χ1) is 11.3. The van der Waals surface area contributed by atoms with Crippen LogP contribution >= 0.6 is 11.3 Å². The molecule has 4 nitrogen and oxygen atoms in total. The smallest absolute Gasteiger partial charge is 0.131 e. The Balaban J connectivity index is 1.95. The summed E-state index contributed by atoms with van der Waals surface area (Å²) in [5, 5.41) is 10.4. The molecule has 2 heterocycles. The Hall–Kier alpha value is -2.30. The Labute approximate surface area is 136 Å². The minimum absolute atomic E-state index is 0.169. The van der Waals surface area contributed by atoms with Gasteiger partial charge in [-0.2, -0.15) is 10.8 Å². The number of rotatable bonds is 2. The molecule has 0 radical (unpaired) electrons. The summed E-state index contributed by atoms with van der Waals surface area (Å²) < 4.78 is 14.4. The largest absolute Gasteiger partial charge is 0.233 e. The van der Waals surface area contributed by atoms with Crippen LogP contribution in [0, 0.1) is 17.1 Å². The van der Waals surface area contributed by atoms with Crippen molar-refractivity contribution in [3.05, 3.63) is 59.2 Å². The van der Waals surface area contributed by atoms with Crippen molar-refractivity contribution in [2.24, 2.45) is 0 Å². The van der Waals surface area contributed by atoms with E-state index in [1.54, 1.807) is 23.5 Å². The Morgan fingerprint density at radius 3 is 2.61 bits per heavy atom. The van der Waals surface area contributed by atoms with Crippen molar-refractivity contribution in [1.29, 1.82) is 5.26 Å². The van der Waals surface area contributed by atoms with Crippen molar-refractivity contribution < 1.29 is 4.39 Å². The van der Waals surface area contributed by atoms with Crippen molar-refractivity contribution >= 4 is 21.4 Å². The van der Waals surface area contributed by atoms with E-state index in [9.17, 15) is 9.65 Å². The summed E-state index contributed by atoms with van der Waals surface area (Å²) in [5.41, 5.74) is 10.8. The third-order valence-electron chi connectivity index (χ3n) is 3.97. The summed E-state index contributed by atoms with van der Waals surface area (Å²) in [6.45, 7) is 0.